The van der Waals surface area contributed by atoms with Crippen molar-refractivity contribution in [3.63, 3.8) is 0 Å². The van der Waals surface area contributed by atoms with Crippen molar-refractivity contribution in [1.29, 1.82) is 0 Å². The summed E-state index contributed by atoms with van der Waals surface area (Å²) in [5.41, 5.74) is 2.79. The van der Waals surface area contributed by atoms with Crippen LogP contribution in [0.15, 0.2) is 48.5 Å². The number of benzene rings is 2. The molecule has 2 N–H and O–H groups in total. The van der Waals surface area contributed by atoms with Crippen molar-refractivity contribution in [3.05, 3.63) is 65.2 Å². The summed E-state index contributed by atoms with van der Waals surface area (Å²) in [5.74, 6) is -0.131. The molecule has 2 aliphatic rings. The fourth-order valence-corrected chi connectivity index (χ4v) is 4.33. The number of carbonyl (C=O) groups excluding carboxylic acids is 3. The van der Waals surface area contributed by atoms with Gasteiger partial charge in [0, 0.05) is 26.2 Å². The number of nitrogens with zero attached hydrogens (tertiary/aromatic N) is 2. The summed E-state index contributed by atoms with van der Waals surface area (Å²) in [7, 11) is 0. The highest BCUT2D eigenvalue weighted by atomic mass is 16.2. The summed E-state index contributed by atoms with van der Waals surface area (Å²) >= 11 is 0. The maximum absolute atomic E-state index is 13.4. The molecule has 2 fully saturated rings. The Labute approximate surface area is 182 Å². The maximum atomic E-state index is 13.4. The van der Waals surface area contributed by atoms with Crippen LogP contribution in [-0.2, 0) is 4.79 Å². The molecule has 4 rings (SSSR count). The molecule has 2 heterocycles. The van der Waals surface area contributed by atoms with Crippen LogP contribution in [0.3, 0.4) is 0 Å². The molecule has 1 atom stereocenters. The number of carbonyl (C=O) groups is 3. The zero-order chi connectivity index (χ0) is 21.8. The molecule has 162 valence electrons. The summed E-state index contributed by atoms with van der Waals surface area (Å²) < 4.78 is 0. The Kier molecular flexibility index (Phi) is 6.21. The van der Waals surface area contributed by atoms with Crippen molar-refractivity contribution in [1.82, 2.24) is 15.1 Å². The van der Waals surface area contributed by atoms with Crippen molar-refractivity contribution in [3.8, 4) is 0 Å². The number of nitrogens with one attached hydrogen (secondary N) is 2. The lowest BCUT2D eigenvalue weighted by Gasteiger charge is -2.30. The van der Waals surface area contributed by atoms with E-state index in [4.69, 9.17) is 0 Å². The van der Waals surface area contributed by atoms with Gasteiger partial charge in [-0.2, -0.15) is 0 Å². The highest BCUT2D eigenvalue weighted by molar-refractivity contribution is 6.04. The zero-order valence-corrected chi connectivity index (χ0v) is 17.8. The molecule has 7 heteroatoms. The van der Waals surface area contributed by atoms with E-state index in [1.807, 2.05) is 54.3 Å². The number of anilines is 1. The molecule has 2 aromatic rings. The molecule has 0 radical (unpaired) electrons. The van der Waals surface area contributed by atoms with Crippen molar-refractivity contribution >= 4 is 23.5 Å². The molecule has 0 unspecified atom stereocenters. The Morgan fingerprint density at radius 3 is 2.48 bits per heavy atom. The van der Waals surface area contributed by atoms with Crippen LogP contribution in [-0.4, -0.2) is 53.8 Å². The normalized spacial score (nSPS) is 19.0. The summed E-state index contributed by atoms with van der Waals surface area (Å²) in [6, 6.07) is 14.4. The second-order valence-electron chi connectivity index (χ2n) is 8.10. The molecule has 2 aromatic carbocycles. The molecular formula is C24H28N4O3. The highest BCUT2D eigenvalue weighted by Gasteiger charge is 2.31. The van der Waals surface area contributed by atoms with E-state index in [-0.39, 0.29) is 30.3 Å². The summed E-state index contributed by atoms with van der Waals surface area (Å²) in [5, 5.41) is 5.85. The molecule has 0 aliphatic carbocycles. The molecule has 0 spiro atoms. The summed E-state index contributed by atoms with van der Waals surface area (Å²) in [4.78, 5) is 42.2. The number of amides is 4. The monoisotopic (exact) mass is 420 g/mol. The smallest absolute Gasteiger partial charge is 0.322 e. The van der Waals surface area contributed by atoms with Gasteiger partial charge in [-0.05, 0) is 37.0 Å². The molecule has 2 saturated heterocycles. The third-order valence-corrected chi connectivity index (χ3v) is 6.00. The predicted molar refractivity (Wildman–Crippen MR) is 119 cm³/mol. The second-order valence-corrected chi connectivity index (χ2v) is 8.10. The van der Waals surface area contributed by atoms with Crippen LogP contribution in [0.1, 0.15) is 46.8 Å². The zero-order valence-electron chi connectivity index (χ0n) is 17.8. The summed E-state index contributed by atoms with van der Waals surface area (Å²) in [6.07, 6.45) is 2.21. The van der Waals surface area contributed by atoms with Gasteiger partial charge in [0.2, 0.25) is 5.91 Å². The van der Waals surface area contributed by atoms with E-state index >= 15 is 0 Å². The van der Waals surface area contributed by atoms with Gasteiger partial charge in [-0.25, -0.2) is 4.79 Å². The number of hydrogen-bond donors (Lipinski definition) is 2. The third kappa shape index (κ3) is 4.55. The lowest BCUT2D eigenvalue weighted by atomic mass is 10.0. The highest BCUT2D eigenvalue weighted by Crippen LogP contribution is 2.29. The van der Waals surface area contributed by atoms with E-state index in [1.165, 1.54) is 0 Å². The maximum Gasteiger partial charge on any atom is 0.322 e. The Bertz CT molecular complexity index is 970. The molecule has 2 aliphatic heterocycles. The van der Waals surface area contributed by atoms with Gasteiger partial charge in [-0.3, -0.25) is 9.59 Å². The van der Waals surface area contributed by atoms with Crippen LogP contribution in [0.25, 0.3) is 0 Å². The minimum atomic E-state index is -0.370. The largest absolute Gasteiger partial charge is 0.354 e. The summed E-state index contributed by atoms with van der Waals surface area (Å²) in [6.45, 7) is 4.16. The van der Waals surface area contributed by atoms with Crippen LogP contribution in [0.4, 0.5) is 10.5 Å². The molecular weight excluding hydrogens is 392 g/mol. The average Bonchev–Trinajstić information content (AvgIpc) is 3.24. The first kappa shape index (κ1) is 20.9. The number of urea groups is 1. The standard InChI is InChI=1S/C24H28N4O3/c1-17-8-7-11-19(23(30)27-13-5-6-14-27)22(17)26-24(31)28-15-12-25-21(29)16-20(28)18-9-3-2-4-10-18/h2-4,7-11,20H,5-6,12-16H2,1H3,(H,25,29)(H,26,31)/t20-/m1/s1. The van der Waals surface area contributed by atoms with E-state index in [0.717, 1.165) is 37.1 Å². The van der Waals surface area contributed by atoms with Crippen LogP contribution >= 0.6 is 0 Å². The molecule has 31 heavy (non-hydrogen) atoms. The third-order valence-electron chi connectivity index (χ3n) is 6.00. The van der Waals surface area contributed by atoms with Gasteiger partial charge in [-0.1, -0.05) is 42.5 Å². The van der Waals surface area contributed by atoms with E-state index in [0.29, 0.717) is 24.3 Å². The van der Waals surface area contributed by atoms with Gasteiger partial charge in [0.1, 0.15) is 0 Å². The fourth-order valence-electron chi connectivity index (χ4n) is 4.33. The lowest BCUT2D eigenvalue weighted by molar-refractivity contribution is -0.121. The fraction of sp³-hybridized carbons (Fsp3) is 0.375. The first-order valence-corrected chi connectivity index (χ1v) is 10.8. The van der Waals surface area contributed by atoms with Gasteiger partial charge in [0.25, 0.3) is 5.91 Å². The molecule has 0 aromatic heterocycles. The average molecular weight is 421 g/mol. The Hall–Kier alpha value is -3.35. The molecule has 7 nitrogen and oxygen atoms in total. The van der Waals surface area contributed by atoms with Crippen molar-refractivity contribution < 1.29 is 14.4 Å². The second kappa shape index (κ2) is 9.20. The Morgan fingerprint density at radius 1 is 1.00 bits per heavy atom. The minimum Gasteiger partial charge on any atom is -0.354 e. The van der Waals surface area contributed by atoms with Crippen LogP contribution in [0.5, 0.6) is 0 Å². The van der Waals surface area contributed by atoms with Crippen LogP contribution < -0.4 is 10.6 Å². The van der Waals surface area contributed by atoms with Gasteiger partial charge < -0.3 is 20.4 Å². The quantitative estimate of drug-likeness (QED) is 0.799. The number of rotatable bonds is 3. The Morgan fingerprint density at radius 2 is 1.74 bits per heavy atom. The number of aryl methyl sites for hydroxylation is 1. The number of likely N-dealkylation sites (tertiary alicyclic amines) is 1. The van der Waals surface area contributed by atoms with Crippen molar-refractivity contribution in [2.45, 2.75) is 32.2 Å². The van der Waals surface area contributed by atoms with Crippen molar-refractivity contribution in [2.24, 2.45) is 0 Å². The predicted octanol–water partition coefficient (Wildman–Crippen LogP) is 3.33. The van der Waals surface area contributed by atoms with E-state index in [9.17, 15) is 14.4 Å². The van der Waals surface area contributed by atoms with Gasteiger partial charge in [0.15, 0.2) is 0 Å². The van der Waals surface area contributed by atoms with Crippen molar-refractivity contribution in [2.75, 3.05) is 31.5 Å². The molecule has 0 saturated carbocycles. The van der Waals surface area contributed by atoms with Gasteiger partial charge >= 0.3 is 6.03 Å². The van der Waals surface area contributed by atoms with Gasteiger partial charge in [0.05, 0.1) is 23.7 Å². The van der Waals surface area contributed by atoms with Gasteiger partial charge in [-0.15, -0.1) is 0 Å². The minimum absolute atomic E-state index is 0.0520. The SMILES string of the molecule is Cc1cccc(C(=O)N2CCCC2)c1NC(=O)N1CCNC(=O)C[C@@H]1c1ccccc1. The van der Waals surface area contributed by atoms with E-state index in [1.54, 1.807) is 11.0 Å². The number of para-hydroxylation sites is 1. The lowest BCUT2D eigenvalue weighted by Crippen LogP contribution is -2.40. The van der Waals surface area contributed by atoms with E-state index < -0.39 is 0 Å². The topological polar surface area (TPSA) is 81.8 Å². The first-order chi connectivity index (χ1) is 15.0. The Balaban J connectivity index is 1.62. The number of hydrogen-bond acceptors (Lipinski definition) is 3. The van der Waals surface area contributed by atoms with Crippen LogP contribution in [0.2, 0.25) is 0 Å². The van der Waals surface area contributed by atoms with E-state index in [2.05, 4.69) is 10.6 Å². The molecule has 0 bridgehead atoms. The first-order valence-electron chi connectivity index (χ1n) is 10.8. The van der Waals surface area contributed by atoms with Crippen LogP contribution in [0, 0.1) is 6.92 Å². The molecule has 4 amide bonds.